The van der Waals surface area contributed by atoms with Crippen molar-refractivity contribution in [2.24, 2.45) is 5.92 Å². The first kappa shape index (κ1) is 15.1. The molecule has 1 aliphatic carbocycles. The third-order valence-corrected chi connectivity index (χ3v) is 5.01. The van der Waals surface area contributed by atoms with E-state index in [1.165, 1.54) is 0 Å². The van der Waals surface area contributed by atoms with Gasteiger partial charge in [0.1, 0.15) is 5.69 Å². The summed E-state index contributed by atoms with van der Waals surface area (Å²) >= 11 is 0. The Bertz CT molecular complexity index is 769. The van der Waals surface area contributed by atoms with Gasteiger partial charge in [0.25, 0.3) is 5.91 Å². The SMILES string of the molecule is O=C(c1ccccn1)[C@H]1CCCN(C(=O)c2n[nH]c3c2CCC3)C1. The number of nitrogens with one attached hydrogen (secondary N) is 1. The minimum Gasteiger partial charge on any atom is -0.337 e. The lowest BCUT2D eigenvalue weighted by Gasteiger charge is -2.31. The van der Waals surface area contributed by atoms with E-state index in [4.69, 9.17) is 0 Å². The molecule has 2 aliphatic rings. The van der Waals surface area contributed by atoms with Gasteiger partial charge < -0.3 is 4.90 Å². The quantitative estimate of drug-likeness (QED) is 0.876. The zero-order chi connectivity index (χ0) is 16.5. The normalized spacial score (nSPS) is 20.0. The van der Waals surface area contributed by atoms with Crippen molar-refractivity contribution in [2.45, 2.75) is 32.1 Å². The van der Waals surface area contributed by atoms with E-state index in [2.05, 4.69) is 15.2 Å². The average Bonchev–Trinajstić information content (AvgIpc) is 3.25. The second kappa shape index (κ2) is 6.19. The number of pyridine rings is 1. The zero-order valence-corrected chi connectivity index (χ0v) is 13.5. The van der Waals surface area contributed by atoms with Gasteiger partial charge in [0, 0.05) is 36.5 Å². The largest absolute Gasteiger partial charge is 0.337 e. The highest BCUT2D eigenvalue weighted by Gasteiger charge is 2.32. The van der Waals surface area contributed by atoms with Crippen LogP contribution in [0.2, 0.25) is 0 Å². The molecule has 0 radical (unpaired) electrons. The van der Waals surface area contributed by atoms with Gasteiger partial charge in [0.15, 0.2) is 11.5 Å². The van der Waals surface area contributed by atoms with Crippen LogP contribution in [0.3, 0.4) is 0 Å². The third kappa shape index (κ3) is 2.62. The van der Waals surface area contributed by atoms with Gasteiger partial charge in [-0.2, -0.15) is 5.10 Å². The van der Waals surface area contributed by atoms with Gasteiger partial charge in [-0.3, -0.25) is 19.7 Å². The van der Waals surface area contributed by atoms with Gasteiger partial charge >= 0.3 is 0 Å². The Hall–Kier alpha value is -2.50. The molecule has 0 saturated carbocycles. The van der Waals surface area contributed by atoms with Gasteiger partial charge in [-0.15, -0.1) is 0 Å². The van der Waals surface area contributed by atoms with Crippen molar-refractivity contribution < 1.29 is 9.59 Å². The molecule has 1 atom stereocenters. The maximum absolute atomic E-state index is 12.8. The fourth-order valence-corrected chi connectivity index (χ4v) is 3.74. The molecule has 2 aromatic rings. The Balaban J connectivity index is 1.50. The summed E-state index contributed by atoms with van der Waals surface area (Å²) in [6.07, 6.45) is 6.23. The molecular formula is C18H20N4O2. The van der Waals surface area contributed by atoms with Crippen molar-refractivity contribution in [3.63, 3.8) is 0 Å². The third-order valence-electron chi connectivity index (χ3n) is 5.01. The number of ketones is 1. The van der Waals surface area contributed by atoms with Crippen molar-refractivity contribution in [2.75, 3.05) is 13.1 Å². The van der Waals surface area contributed by atoms with Crippen molar-refractivity contribution in [1.29, 1.82) is 0 Å². The van der Waals surface area contributed by atoms with Gasteiger partial charge in [0.2, 0.25) is 0 Å². The highest BCUT2D eigenvalue weighted by molar-refractivity contribution is 5.98. The van der Waals surface area contributed by atoms with Crippen LogP contribution in [0.15, 0.2) is 24.4 Å². The number of aryl methyl sites for hydroxylation is 1. The van der Waals surface area contributed by atoms with Gasteiger partial charge in [0.05, 0.1) is 0 Å². The van der Waals surface area contributed by atoms with Gasteiger partial charge in [-0.25, -0.2) is 0 Å². The van der Waals surface area contributed by atoms with Crippen LogP contribution in [0.25, 0.3) is 0 Å². The van der Waals surface area contributed by atoms with Gasteiger partial charge in [-0.05, 0) is 44.2 Å². The standard InChI is InChI=1S/C18H20N4O2/c23-17(15-7-1-2-9-19-15)12-5-4-10-22(11-12)18(24)16-13-6-3-8-14(13)20-21-16/h1-2,7,9,12H,3-6,8,10-11H2,(H,20,21)/t12-/m0/s1. The molecule has 6 heteroatoms. The molecular weight excluding hydrogens is 304 g/mol. The van der Waals surface area contributed by atoms with Crippen LogP contribution in [0.4, 0.5) is 0 Å². The Morgan fingerprint density at radius 1 is 1.21 bits per heavy atom. The van der Waals surface area contributed by atoms with E-state index >= 15 is 0 Å². The summed E-state index contributed by atoms with van der Waals surface area (Å²) in [5.41, 5.74) is 3.19. The number of amides is 1. The van der Waals surface area contributed by atoms with E-state index in [-0.39, 0.29) is 17.6 Å². The summed E-state index contributed by atoms with van der Waals surface area (Å²) < 4.78 is 0. The number of piperidine rings is 1. The van der Waals surface area contributed by atoms with Crippen LogP contribution in [0.5, 0.6) is 0 Å². The van der Waals surface area contributed by atoms with E-state index in [0.29, 0.717) is 24.5 Å². The fourth-order valence-electron chi connectivity index (χ4n) is 3.74. The molecule has 124 valence electrons. The van der Waals surface area contributed by atoms with Crippen molar-refractivity contribution in [1.82, 2.24) is 20.1 Å². The Morgan fingerprint density at radius 3 is 2.96 bits per heavy atom. The average molecular weight is 324 g/mol. The van der Waals surface area contributed by atoms with E-state index in [0.717, 1.165) is 43.4 Å². The number of hydrogen-bond acceptors (Lipinski definition) is 4. The predicted molar refractivity (Wildman–Crippen MR) is 87.8 cm³/mol. The number of Topliss-reactive ketones (excluding diaryl/α,β-unsaturated/α-hetero) is 1. The number of aromatic nitrogens is 3. The number of aromatic amines is 1. The maximum Gasteiger partial charge on any atom is 0.274 e. The van der Waals surface area contributed by atoms with Crippen molar-refractivity contribution in [3.05, 3.63) is 47.0 Å². The first-order chi connectivity index (χ1) is 11.7. The summed E-state index contributed by atoms with van der Waals surface area (Å²) in [6.45, 7) is 1.14. The molecule has 1 amide bonds. The lowest BCUT2D eigenvalue weighted by molar-refractivity contribution is 0.0629. The second-order valence-electron chi connectivity index (χ2n) is 6.55. The number of rotatable bonds is 3. The molecule has 1 aliphatic heterocycles. The second-order valence-corrected chi connectivity index (χ2v) is 6.55. The zero-order valence-electron chi connectivity index (χ0n) is 13.5. The van der Waals surface area contributed by atoms with Crippen LogP contribution in [0, 0.1) is 5.92 Å². The molecule has 6 nitrogen and oxygen atoms in total. The fraction of sp³-hybridized carbons (Fsp3) is 0.444. The van der Waals surface area contributed by atoms with E-state index in [1.54, 1.807) is 23.2 Å². The Kier molecular flexibility index (Phi) is 3.88. The summed E-state index contributed by atoms with van der Waals surface area (Å²) in [5, 5.41) is 7.22. The number of hydrogen-bond donors (Lipinski definition) is 1. The summed E-state index contributed by atoms with van der Waals surface area (Å²) in [4.78, 5) is 31.4. The molecule has 0 aromatic carbocycles. The smallest absolute Gasteiger partial charge is 0.274 e. The first-order valence-electron chi connectivity index (χ1n) is 8.54. The van der Waals surface area contributed by atoms with E-state index in [1.807, 2.05) is 6.07 Å². The van der Waals surface area contributed by atoms with E-state index < -0.39 is 0 Å². The van der Waals surface area contributed by atoms with Crippen LogP contribution in [-0.4, -0.2) is 44.9 Å². The highest BCUT2D eigenvalue weighted by Crippen LogP contribution is 2.26. The number of likely N-dealkylation sites (tertiary alicyclic amines) is 1. The number of carbonyl (C=O) groups is 2. The molecule has 0 bridgehead atoms. The Labute approximate surface area is 140 Å². The van der Waals surface area contributed by atoms with Crippen molar-refractivity contribution in [3.8, 4) is 0 Å². The monoisotopic (exact) mass is 324 g/mol. The topological polar surface area (TPSA) is 79.0 Å². The molecule has 1 saturated heterocycles. The first-order valence-corrected chi connectivity index (χ1v) is 8.54. The molecule has 3 heterocycles. The lowest BCUT2D eigenvalue weighted by atomic mass is 9.91. The van der Waals surface area contributed by atoms with E-state index in [9.17, 15) is 9.59 Å². The lowest BCUT2D eigenvalue weighted by Crippen LogP contribution is -2.42. The minimum atomic E-state index is -0.176. The highest BCUT2D eigenvalue weighted by atomic mass is 16.2. The minimum absolute atomic E-state index is 0.0281. The molecule has 1 fully saturated rings. The number of H-pyrrole nitrogens is 1. The summed E-state index contributed by atoms with van der Waals surface area (Å²) in [5.74, 6) is -0.196. The van der Waals surface area contributed by atoms with Gasteiger partial charge in [-0.1, -0.05) is 6.07 Å². The Morgan fingerprint density at radius 2 is 2.12 bits per heavy atom. The molecule has 1 N–H and O–H groups in total. The van der Waals surface area contributed by atoms with Crippen LogP contribution in [0.1, 0.15) is 51.5 Å². The molecule has 2 aromatic heterocycles. The number of fused-ring (bicyclic) bond motifs is 1. The number of nitrogens with zero attached hydrogens (tertiary/aromatic N) is 3. The number of carbonyl (C=O) groups excluding carboxylic acids is 2. The summed E-state index contributed by atoms with van der Waals surface area (Å²) in [7, 11) is 0. The molecule has 0 spiro atoms. The molecule has 24 heavy (non-hydrogen) atoms. The van der Waals surface area contributed by atoms with Crippen LogP contribution < -0.4 is 0 Å². The van der Waals surface area contributed by atoms with Crippen LogP contribution >= 0.6 is 0 Å². The summed E-state index contributed by atoms with van der Waals surface area (Å²) in [6, 6.07) is 5.36. The maximum atomic E-state index is 12.8. The van der Waals surface area contributed by atoms with Crippen molar-refractivity contribution >= 4 is 11.7 Å². The van der Waals surface area contributed by atoms with Crippen LogP contribution in [-0.2, 0) is 12.8 Å². The molecule has 0 unspecified atom stereocenters. The molecule has 4 rings (SSSR count). The predicted octanol–water partition coefficient (Wildman–Crippen LogP) is 2.03.